The second kappa shape index (κ2) is 6.48. The Kier molecular flexibility index (Phi) is 4.88. The van der Waals surface area contributed by atoms with E-state index < -0.39 is 0 Å². The van der Waals surface area contributed by atoms with Gasteiger partial charge >= 0.3 is 0 Å². The molecule has 1 aromatic carbocycles. The van der Waals surface area contributed by atoms with Crippen LogP contribution in [0.4, 0.5) is 0 Å². The van der Waals surface area contributed by atoms with E-state index in [0.29, 0.717) is 16.7 Å². The molecular formula is C17H27N3O. The third-order valence-electron chi connectivity index (χ3n) is 4.39. The van der Waals surface area contributed by atoms with Gasteiger partial charge in [-0.05, 0) is 55.5 Å². The summed E-state index contributed by atoms with van der Waals surface area (Å²) in [6.45, 7) is 7.91. The van der Waals surface area contributed by atoms with Gasteiger partial charge in [-0.2, -0.15) is 0 Å². The Morgan fingerprint density at radius 1 is 1.33 bits per heavy atom. The number of likely N-dealkylation sites (tertiary alicyclic amines) is 1. The van der Waals surface area contributed by atoms with Gasteiger partial charge in [0, 0.05) is 6.54 Å². The molecule has 0 radical (unpaired) electrons. The number of nitrogens with one attached hydrogen (secondary N) is 1. The van der Waals surface area contributed by atoms with E-state index in [0.717, 1.165) is 19.6 Å². The first-order valence-corrected chi connectivity index (χ1v) is 7.65. The van der Waals surface area contributed by atoms with Gasteiger partial charge in [0.15, 0.2) is 0 Å². The van der Waals surface area contributed by atoms with Gasteiger partial charge in [-0.3, -0.25) is 10.3 Å². The summed E-state index contributed by atoms with van der Waals surface area (Å²) >= 11 is 0. The van der Waals surface area contributed by atoms with Gasteiger partial charge in [0.1, 0.15) is 11.6 Å². The topological polar surface area (TPSA) is 62.3 Å². The zero-order valence-corrected chi connectivity index (χ0v) is 13.4. The number of methoxy groups -OCH3 is 1. The van der Waals surface area contributed by atoms with Gasteiger partial charge in [0.2, 0.25) is 0 Å². The van der Waals surface area contributed by atoms with Crippen LogP contribution in [-0.2, 0) is 6.54 Å². The Morgan fingerprint density at radius 2 is 2.10 bits per heavy atom. The Bertz CT molecular complexity index is 511. The van der Waals surface area contributed by atoms with Crippen LogP contribution in [0.2, 0.25) is 0 Å². The normalized spacial score (nSPS) is 19.0. The maximum Gasteiger partial charge on any atom is 0.129 e. The number of ether oxygens (including phenoxy) is 1. The summed E-state index contributed by atoms with van der Waals surface area (Å²) in [5.41, 5.74) is 7.98. The number of rotatable bonds is 4. The second-order valence-electron chi connectivity index (χ2n) is 6.74. The molecule has 21 heavy (non-hydrogen) atoms. The van der Waals surface area contributed by atoms with E-state index in [9.17, 15) is 0 Å². The Morgan fingerprint density at radius 3 is 2.76 bits per heavy atom. The molecule has 0 aromatic heterocycles. The van der Waals surface area contributed by atoms with Crippen LogP contribution in [0.3, 0.4) is 0 Å². The highest BCUT2D eigenvalue weighted by Gasteiger charge is 2.23. The van der Waals surface area contributed by atoms with Gasteiger partial charge in [-0.25, -0.2) is 0 Å². The summed E-state index contributed by atoms with van der Waals surface area (Å²) in [5, 5.41) is 7.67. The lowest BCUT2D eigenvalue weighted by atomic mass is 9.85. The summed E-state index contributed by atoms with van der Waals surface area (Å²) in [5.74, 6) is 0.731. The number of nitrogens with two attached hydrogens (primary N) is 1. The molecule has 0 aliphatic carbocycles. The summed E-state index contributed by atoms with van der Waals surface area (Å²) in [6, 6.07) is 5.96. The Balaban J connectivity index is 2.09. The van der Waals surface area contributed by atoms with E-state index in [1.807, 2.05) is 12.1 Å². The van der Waals surface area contributed by atoms with Crippen molar-refractivity contribution < 1.29 is 4.74 Å². The number of nitrogen functional groups attached to an aromatic ring is 1. The average Bonchev–Trinajstić information content (AvgIpc) is 2.60. The van der Waals surface area contributed by atoms with Crippen LogP contribution in [0.1, 0.15) is 44.2 Å². The molecule has 0 spiro atoms. The summed E-state index contributed by atoms with van der Waals surface area (Å²) in [6.07, 6.45) is 3.79. The summed E-state index contributed by atoms with van der Waals surface area (Å²) in [7, 11) is 1.61. The zero-order chi connectivity index (χ0) is 15.5. The SMILES string of the molecule is COc1ccc(CN2CCCC(C)(C)CC2)cc1C(=N)N. The molecule has 2 rings (SSSR count). The van der Waals surface area contributed by atoms with E-state index in [2.05, 4.69) is 24.8 Å². The van der Waals surface area contributed by atoms with Crippen LogP contribution >= 0.6 is 0 Å². The highest BCUT2D eigenvalue weighted by molar-refractivity contribution is 5.97. The first-order valence-electron chi connectivity index (χ1n) is 7.65. The minimum absolute atomic E-state index is 0.0608. The van der Waals surface area contributed by atoms with Crippen LogP contribution < -0.4 is 10.5 Å². The van der Waals surface area contributed by atoms with Crippen molar-refractivity contribution in [3.05, 3.63) is 29.3 Å². The standard InChI is InChI=1S/C17H27N3O/c1-17(2)7-4-9-20(10-8-17)12-13-5-6-15(21-3)14(11-13)16(18)19/h5-6,11H,4,7-10,12H2,1-3H3,(H3,18,19). The highest BCUT2D eigenvalue weighted by Crippen LogP contribution is 2.30. The number of benzene rings is 1. The molecule has 0 unspecified atom stereocenters. The fourth-order valence-corrected chi connectivity index (χ4v) is 2.96. The fourth-order valence-electron chi connectivity index (χ4n) is 2.96. The average molecular weight is 289 g/mol. The molecule has 0 amide bonds. The molecule has 4 nitrogen and oxygen atoms in total. The van der Waals surface area contributed by atoms with Crippen LogP contribution in [-0.4, -0.2) is 30.9 Å². The monoisotopic (exact) mass is 289 g/mol. The van der Waals surface area contributed by atoms with Gasteiger partial charge in [-0.1, -0.05) is 19.9 Å². The second-order valence-corrected chi connectivity index (χ2v) is 6.74. The van der Waals surface area contributed by atoms with Crippen molar-refractivity contribution >= 4 is 5.84 Å². The predicted molar refractivity (Wildman–Crippen MR) is 86.9 cm³/mol. The maximum atomic E-state index is 7.67. The molecule has 1 fully saturated rings. The van der Waals surface area contributed by atoms with E-state index in [1.165, 1.54) is 24.8 Å². The summed E-state index contributed by atoms with van der Waals surface area (Å²) in [4.78, 5) is 2.50. The van der Waals surface area contributed by atoms with E-state index >= 15 is 0 Å². The first-order chi connectivity index (χ1) is 9.91. The number of hydrogen-bond donors (Lipinski definition) is 2. The van der Waals surface area contributed by atoms with Crippen molar-refractivity contribution in [3.8, 4) is 5.75 Å². The van der Waals surface area contributed by atoms with E-state index in [-0.39, 0.29) is 5.84 Å². The largest absolute Gasteiger partial charge is 0.496 e. The minimum atomic E-state index is 0.0608. The molecule has 3 N–H and O–H groups in total. The molecule has 0 bridgehead atoms. The molecule has 4 heteroatoms. The van der Waals surface area contributed by atoms with Crippen molar-refractivity contribution in [1.29, 1.82) is 5.41 Å². The molecule has 1 aliphatic rings. The molecular weight excluding hydrogens is 262 g/mol. The van der Waals surface area contributed by atoms with Crippen LogP contribution in [0.5, 0.6) is 5.75 Å². The fraction of sp³-hybridized carbons (Fsp3) is 0.588. The predicted octanol–water partition coefficient (Wildman–Crippen LogP) is 2.99. The minimum Gasteiger partial charge on any atom is -0.496 e. The smallest absolute Gasteiger partial charge is 0.129 e. The van der Waals surface area contributed by atoms with Crippen LogP contribution in [0.15, 0.2) is 18.2 Å². The highest BCUT2D eigenvalue weighted by atomic mass is 16.5. The van der Waals surface area contributed by atoms with Crippen molar-refractivity contribution in [2.24, 2.45) is 11.1 Å². The first kappa shape index (κ1) is 15.8. The van der Waals surface area contributed by atoms with Gasteiger partial charge in [-0.15, -0.1) is 0 Å². The van der Waals surface area contributed by atoms with Gasteiger partial charge in [0.25, 0.3) is 0 Å². The molecule has 1 aliphatic heterocycles. The van der Waals surface area contributed by atoms with Crippen LogP contribution in [0, 0.1) is 10.8 Å². The Hall–Kier alpha value is -1.55. The third kappa shape index (κ3) is 4.21. The number of amidine groups is 1. The van der Waals surface area contributed by atoms with E-state index in [4.69, 9.17) is 15.9 Å². The van der Waals surface area contributed by atoms with Crippen molar-refractivity contribution in [2.45, 2.75) is 39.7 Å². The summed E-state index contributed by atoms with van der Waals surface area (Å²) < 4.78 is 5.26. The quantitative estimate of drug-likeness (QED) is 0.661. The molecule has 0 saturated carbocycles. The lowest BCUT2D eigenvalue weighted by Crippen LogP contribution is -2.25. The van der Waals surface area contributed by atoms with Crippen molar-refractivity contribution in [2.75, 3.05) is 20.2 Å². The van der Waals surface area contributed by atoms with Crippen LogP contribution in [0.25, 0.3) is 0 Å². The van der Waals surface area contributed by atoms with Gasteiger partial charge < -0.3 is 10.5 Å². The van der Waals surface area contributed by atoms with Crippen molar-refractivity contribution in [1.82, 2.24) is 4.90 Å². The molecule has 1 aromatic rings. The van der Waals surface area contributed by atoms with Gasteiger partial charge in [0.05, 0.1) is 12.7 Å². The zero-order valence-electron chi connectivity index (χ0n) is 13.4. The molecule has 116 valence electrons. The van der Waals surface area contributed by atoms with Crippen molar-refractivity contribution in [3.63, 3.8) is 0 Å². The molecule has 1 heterocycles. The van der Waals surface area contributed by atoms with E-state index in [1.54, 1.807) is 7.11 Å². The third-order valence-corrected chi connectivity index (χ3v) is 4.39. The lowest BCUT2D eigenvalue weighted by molar-refractivity contribution is 0.256. The maximum absolute atomic E-state index is 7.67. The molecule has 1 saturated heterocycles. The molecule has 0 atom stereocenters. The number of nitrogens with zero attached hydrogens (tertiary/aromatic N) is 1. The number of hydrogen-bond acceptors (Lipinski definition) is 3. The Labute approximate surface area is 127 Å². The lowest BCUT2D eigenvalue weighted by Gasteiger charge is -2.23.